The van der Waals surface area contributed by atoms with Crippen LogP contribution in [0.4, 0.5) is 0 Å². The zero-order chi connectivity index (χ0) is 13.4. The van der Waals surface area contributed by atoms with Gasteiger partial charge in [0.25, 0.3) is 9.12 Å². The van der Waals surface area contributed by atoms with Crippen molar-refractivity contribution < 1.29 is 14.3 Å². The Morgan fingerprint density at radius 1 is 1.00 bits per heavy atom. The number of rotatable bonds is 7. The summed E-state index contributed by atoms with van der Waals surface area (Å²) in [4.78, 5) is 23.4. The summed E-state index contributed by atoms with van der Waals surface area (Å²) in [5.74, 6) is 0.134. The molecule has 0 saturated heterocycles. The molecular weight excluding hydrogens is 236 g/mol. The third-order valence-electron chi connectivity index (χ3n) is 2.76. The van der Waals surface area contributed by atoms with Crippen LogP contribution in [0.15, 0.2) is 0 Å². The molecule has 5 nitrogen and oxygen atoms in total. The first kappa shape index (κ1) is 16.1. The summed E-state index contributed by atoms with van der Waals surface area (Å²) < 4.78 is 8.82. The molecule has 0 spiro atoms. The van der Waals surface area contributed by atoms with Crippen molar-refractivity contribution in [2.75, 3.05) is 26.9 Å². The molecule has 0 rings (SSSR count). The maximum absolute atomic E-state index is 11.7. The second-order valence-corrected chi connectivity index (χ2v) is 6.70. The lowest BCUT2D eigenvalue weighted by Crippen LogP contribution is -2.56. The van der Waals surface area contributed by atoms with Gasteiger partial charge in [0, 0.05) is 33.5 Å². The zero-order valence-corrected chi connectivity index (χ0v) is 12.7. The number of nitrogens with zero attached hydrogens (tertiary/aromatic N) is 2. The molecule has 0 aromatic heterocycles. The number of hydrogen-bond acceptors (Lipinski definition) is 3. The second-order valence-electron chi connectivity index (χ2n) is 3.86. The molecule has 0 N–H and O–H groups in total. The van der Waals surface area contributed by atoms with Gasteiger partial charge in [-0.2, -0.15) is 0 Å². The van der Waals surface area contributed by atoms with Gasteiger partial charge in [-0.05, 0) is 6.92 Å². The Bertz CT molecular complexity index is 239. The predicted octanol–water partition coefficient (Wildman–Crippen LogP) is 0.519. The van der Waals surface area contributed by atoms with E-state index in [0.29, 0.717) is 25.7 Å². The molecule has 0 radical (unpaired) electrons. The molecule has 0 aliphatic carbocycles. The number of carbonyl (C=O) groups excluding carboxylic acids is 2. The van der Waals surface area contributed by atoms with E-state index in [0.717, 1.165) is 0 Å². The largest absolute Gasteiger partial charge is 0.381 e. The monoisotopic (exact) mass is 260 g/mol. The van der Waals surface area contributed by atoms with Crippen molar-refractivity contribution in [3.8, 4) is 0 Å². The fourth-order valence-corrected chi connectivity index (χ4v) is 3.98. The molecule has 0 aliphatic heterocycles. The average Bonchev–Trinajstić information content (AvgIpc) is 2.36. The highest BCUT2D eigenvalue weighted by Gasteiger charge is 2.28. The maximum Gasteiger partial charge on any atom is 0.278 e. The van der Waals surface area contributed by atoms with E-state index >= 15 is 0 Å². The Labute approximate surface area is 105 Å². The number of ether oxygens (including phenoxy) is 1. The minimum atomic E-state index is -1.85. The average molecular weight is 260 g/mol. The molecule has 0 aliphatic rings. The van der Waals surface area contributed by atoms with Crippen LogP contribution in [-0.2, 0) is 14.3 Å². The molecule has 0 atom stereocenters. The molecule has 0 unspecified atom stereocenters. The van der Waals surface area contributed by atoms with Crippen molar-refractivity contribution in [2.45, 2.75) is 33.6 Å². The van der Waals surface area contributed by atoms with Crippen molar-refractivity contribution in [3.63, 3.8) is 0 Å². The van der Waals surface area contributed by atoms with Gasteiger partial charge in [-0.25, -0.2) is 0 Å². The first-order valence-electron chi connectivity index (χ1n) is 6.08. The van der Waals surface area contributed by atoms with Crippen LogP contribution in [-0.4, -0.2) is 57.0 Å². The van der Waals surface area contributed by atoms with Crippen LogP contribution >= 0.6 is 0 Å². The zero-order valence-electron chi connectivity index (χ0n) is 11.5. The van der Waals surface area contributed by atoms with E-state index in [2.05, 4.69) is 0 Å². The Balaban J connectivity index is 4.73. The molecule has 0 fully saturated rings. The third-order valence-corrected chi connectivity index (χ3v) is 5.65. The Morgan fingerprint density at radius 2 is 1.41 bits per heavy atom. The van der Waals surface area contributed by atoms with Gasteiger partial charge >= 0.3 is 0 Å². The number of carbonyl (C=O) groups is 2. The summed E-state index contributed by atoms with van der Waals surface area (Å²) in [6.07, 6.45) is 1.40. The maximum atomic E-state index is 11.7. The van der Waals surface area contributed by atoms with Gasteiger partial charge in [0.2, 0.25) is 11.8 Å². The Hall–Kier alpha value is -0.883. The standard InChI is InChI=1S/C11H24N2O3Si/c1-6-10(14)12(4)17(9-16-8-3)13(5)11(15)7-2/h17H,6-9H2,1-5H3. The SMILES string of the molecule is CCOC[SiH](N(C)C(=O)CC)N(C)C(=O)CC. The normalized spacial score (nSPS) is 10.5. The van der Waals surface area contributed by atoms with E-state index in [1.54, 1.807) is 23.2 Å². The minimum Gasteiger partial charge on any atom is -0.381 e. The highest BCUT2D eigenvalue weighted by Crippen LogP contribution is 2.03. The number of hydrogen-bond donors (Lipinski definition) is 0. The lowest BCUT2D eigenvalue weighted by molar-refractivity contribution is -0.128. The van der Waals surface area contributed by atoms with Crippen molar-refractivity contribution in [1.82, 2.24) is 9.13 Å². The summed E-state index contributed by atoms with van der Waals surface area (Å²) in [6, 6.07) is 0. The third kappa shape index (κ3) is 4.87. The van der Waals surface area contributed by atoms with Gasteiger partial charge in [0.15, 0.2) is 0 Å². The fraction of sp³-hybridized carbons (Fsp3) is 0.818. The predicted molar refractivity (Wildman–Crippen MR) is 69.8 cm³/mol. The molecule has 0 saturated carbocycles. The summed E-state index contributed by atoms with van der Waals surface area (Å²) in [6.45, 7) is 6.17. The molecule has 2 amide bonds. The van der Waals surface area contributed by atoms with Gasteiger partial charge in [-0.1, -0.05) is 13.8 Å². The first-order valence-corrected chi connectivity index (χ1v) is 7.93. The topological polar surface area (TPSA) is 49.9 Å². The fourth-order valence-electron chi connectivity index (χ4n) is 1.54. The minimum absolute atomic E-state index is 0.0668. The van der Waals surface area contributed by atoms with Crippen LogP contribution in [0.25, 0.3) is 0 Å². The lowest BCUT2D eigenvalue weighted by Gasteiger charge is -2.33. The van der Waals surface area contributed by atoms with E-state index in [1.807, 2.05) is 20.8 Å². The molecule has 0 bridgehead atoms. The van der Waals surface area contributed by atoms with Crippen LogP contribution in [0.2, 0.25) is 0 Å². The van der Waals surface area contributed by atoms with Crippen LogP contribution in [0, 0.1) is 0 Å². The molecule has 6 heteroatoms. The molecule has 100 valence electrons. The van der Waals surface area contributed by atoms with Crippen LogP contribution in [0.1, 0.15) is 33.6 Å². The van der Waals surface area contributed by atoms with E-state index in [-0.39, 0.29) is 11.8 Å². The highest BCUT2D eigenvalue weighted by atomic mass is 28.3. The van der Waals surface area contributed by atoms with Gasteiger partial charge in [0.1, 0.15) is 0 Å². The van der Waals surface area contributed by atoms with E-state index in [4.69, 9.17) is 4.74 Å². The van der Waals surface area contributed by atoms with Gasteiger partial charge in [0.05, 0.1) is 6.23 Å². The first-order chi connectivity index (χ1) is 7.99. The van der Waals surface area contributed by atoms with Crippen molar-refractivity contribution in [1.29, 1.82) is 0 Å². The van der Waals surface area contributed by atoms with Crippen molar-refractivity contribution in [3.05, 3.63) is 0 Å². The van der Waals surface area contributed by atoms with Crippen LogP contribution in [0.5, 0.6) is 0 Å². The van der Waals surface area contributed by atoms with Crippen LogP contribution < -0.4 is 0 Å². The van der Waals surface area contributed by atoms with Gasteiger partial charge < -0.3 is 13.9 Å². The van der Waals surface area contributed by atoms with Crippen molar-refractivity contribution in [2.24, 2.45) is 0 Å². The highest BCUT2D eigenvalue weighted by molar-refractivity contribution is 6.58. The Kier molecular flexibility index (Phi) is 7.82. The quantitative estimate of drug-likeness (QED) is 0.627. The van der Waals surface area contributed by atoms with E-state index in [9.17, 15) is 9.59 Å². The van der Waals surface area contributed by atoms with Gasteiger partial charge in [-0.3, -0.25) is 9.59 Å². The second kappa shape index (κ2) is 8.24. The lowest BCUT2D eigenvalue weighted by atomic mass is 10.5. The summed E-state index contributed by atoms with van der Waals surface area (Å²) in [7, 11) is 1.68. The molecule has 17 heavy (non-hydrogen) atoms. The molecular formula is C11H24N2O3Si. The van der Waals surface area contributed by atoms with Crippen LogP contribution in [0.3, 0.4) is 0 Å². The summed E-state index contributed by atoms with van der Waals surface area (Å²) in [5, 5.41) is 0. The van der Waals surface area contributed by atoms with Crippen molar-refractivity contribution >= 4 is 20.9 Å². The molecule has 0 aromatic carbocycles. The summed E-state index contributed by atoms with van der Waals surface area (Å²) >= 11 is 0. The summed E-state index contributed by atoms with van der Waals surface area (Å²) in [5.41, 5.74) is 0. The number of amides is 2. The van der Waals surface area contributed by atoms with Gasteiger partial charge in [-0.15, -0.1) is 0 Å². The Morgan fingerprint density at radius 3 is 1.71 bits per heavy atom. The van der Waals surface area contributed by atoms with E-state index in [1.165, 1.54) is 0 Å². The van der Waals surface area contributed by atoms with E-state index < -0.39 is 9.12 Å². The molecule has 0 aromatic rings. The molecule has 0 heterocycles. The smallest absolute Gasteiger partial charge is 0.278 e.